The van der Waals surface area contributed by atoms with Crippen molar-refractivity contribution in [2.24, 2.45) is 0 Å². The fraction of sp³-hybridized carbons (Fsp3) is 0.909. The second-order valence-corrected chi connectivity index (χ2v) is 4.46. The molecule has 16 heavy (non-hydrogen) atoms. The Balaban J connectivity index is 4.12. The van der Waals surface area contributed by atoms with E-state index < -0.39 is 11.5 Å². The van der Waals surface area contributed by atoms with Crippen molar-refractivity contribution in [1.82, 2.24) is 0 Å². The predicted molar refractivity (Wildman–Crippen MR) is 61.0 cm³/mol. The van der Waals surface area contributed by atoms with E-state index in [0.717, 1.165) is 25.7 Å². The van der Waals surface area contributed by atoms with Gasteiger partial charge >= 0.3 is 5.97 Å². The van der Waals surface area contributed by atoms with Gasteiger partial charge in [0.2, 0.25) is 5.54 Å². The number of carboxylic acids is 1. The van der Waals surface area contributed by atoms with E-state index in [1.54, 1.807) is 6.92 Å². The van der Waals surface area contributed by atoms with Crippen molar-refractivity contribution in [3.8, 4) is 0 Å². The molecule has 5 nitrogen and oxygen atoms in total. The van der Waals surface area contributed by atoms with Crippen LogP contribution in [0.25, 0.3) is 0 Å². The van der Waals surface area contributed by atoms with Crippen molar-refractivity contribution in [1.29, 1.82) is 0 Å². The highest BCUT2D eigenvalue weighted by molar-refractivity contribution is 5.66. The van der Waals surface area contributed by atoms with Gasteiger partial charge in [0.1, 0.15) is 0 Å². The fourth-order valence-corrected chi connectivity index (χ4v) is 1.62. The first-order chi connectivity index (χ1) is 7.42. The quantitative estimate of drug-likeness (QED) is 0.376. The molecule has 0 aliphatic heterocycles. The van der Waals surface area contributed by atoms with Gasteiger partial charge in [0, 0.05) is 24.7 Å². The van der Waals surface area contributed by atoms with Crippen LogP contribution in [-0.2, 0) is 4.79 Å². The maximum absolute atomic E-state index is 10.9. The van der Waals surface area contributed by atoms with Crippen molar-refractivity contribution in [2.45, 2.75) is 64.3 Å². The zero-order valence-electron chi connectivity index (χ0n) is 10.1. The van der Waals surface area contributed by atoms with Crippen LogP contribution in [0.4, 0.5) is 0 Å². The van der Waals surface area contributed by atoms with E-state index in [2.05, 4.69) is 6.92 Å². The second kappa shape index (κ2) is 7.19. The third kappa shape index (κ3) is 5.68. The lowest BCUT2D eigenvalue weighted by molar-refractivity contribution is -0.567. The number of nitrogens with zero attached hydrogens (tertiary/aromatic N) is 1. The molecule has 0 saturated carbocycles. The Labute approximate surface area is 96.0 Å². The van der Waals surface area contributed by atoms with Crippen molar-refractivity contribution in [2.75, 3.05) is 0 Å². The maximum Gasteiger partial charge on any atom is 0.303 e. The highest BCUT2D eigenvalue weighted by Gasteiger charge is 2.36. The number of nitro groups is 1. The maximum atomic E-state index is 10.9. The number of carbonyl (C=O) groups is 1. The molecule has 0 fully saturated rings. The summed E-state index contributed by atoms with van der Waals surface area (Å²) in [5, 5.41) is 19.5. The van der Waals surface area contributed by atoms with E-state index in [9.17, 15) is 14.9 Å². The summed E-state index contributed by atoms with van der Waals surface area (Å²) >= 11 is 0. The number of hydrogen-bond acceptors (Lipinski definition) is 3. The lowest BCUT2D eigenvalue weighted by Gasteiger charge is -2.19. The molecule has 5 heteroatoms. The number of aliphatic carboxylic acids is 1. The molecule has 0 heterocycles. The van der Waals surface area contributed by atoms with Gasteiger partial charge in [-0.2, -0.15) is 0 Å². The predicted octanol–water partition coefficient (Wildman–Crippen LogP) is 2.86. The van der Waals surface area contributed by atoms with Crippen LogP contribution in [0.15, 0.2) is 0 Å². The first-order valence-electron chi connectivity index (χ1n) is 5.78. The van der Waals surface area contributed by atoms with E-state index in [4.69, 9.17) is 5.11 Å². The summed E-state index contributed by atoms with van der Waals surface area (Å²) in [6.07, 6.45) is 4.38. The van der Waals surface area contributed by atoms with Crippen LogP contribution < -0.4 is 0 Å². The van der Waals surface area contributed by atoms with Crippen molar-refractivity contribution in [3.05, 3.63) is 10.1 Å². The molecule has 1 N–H and O–H groups in total. The Morgan fingerprint density at radius 3 is 2.38 bits per heavy atom. The minimum absolute atomic E-state index is 0.113. The molecule has 0 saturated heterocycles. The van der Waals surface area contributed by atoms with Crippen LogP contribution in [-0.4, -0.2) is 21.5 Å². The minimum atomic E-state index is -1.08. The molecule has 0 aromatic heterocycles. The topological polar surface area (TPSA) is 80.4 Å². The van der Waals surface area contributed by atoms with Gasteiger partial charge in [-0.05, 0) is 6.42 Å². The van der Waals surface area contributed by atoms with Crippen LogP contribution in [0.5, 0.6) is 0 Å². The lowest BCUT2D eigenvalue weighted by Crippen LogP contribution is -2.35. The average Bonchev–Trinajstić information content (AvgIpc) is 2.21. The van der Waals surface area contributed by atoms with E-state index in [-0.39, 0.29) is 17.8 Å². The monoisotopic (exact) mass is 231 g/mol. The molecule has 1 unspecified atom stereocenters. The van der Waals surface area contributed by atoms with Gasteiger partial charge < -0.3 is 5.11 Å². The fourth-order valence-electron chi connectivity index (χ4n) is 1.62. The van der Waals surface area contributed by atoms with Gasteiger partial charge in [-0.15, -0.1) is 0 Å². The van der Waals surface area contributed by atoms with Gasteiger partial charge in [0.05, 0.1) is 6.42 Å². The highest BCUT2D eigenvalue weighted by Crippen LogP contribution is 2.24. The van der Waals surface area contributed by atoms with Crippen molar-refractivity contribution < 1.29 is 14.8 Å². The van der Waals surface area contributed by atoms with E-state index in [1.165, 1.54) is 0 Å². The molecule has 0 amide bonds. The molecule has 0 bridgehead atoms. The third-order valence-corrected chi connectivity index (χ3v) is 2.89. The molecule has 0 aliphatic rings. The van der Waals surface area contributed by atoms with Crippen LogP contribution in [0.1, 0.15) is 58.8 Å². The highest BCUT2D eigenvalue weighted by atomic mass is 16.6. The van der Waals surface area contributed by atoms with Crippen molar-refractivity contribution in [3.63, 3.8) is 0 Å². The third-order valence-electron chi connectivity index (χ3n) is 2.89. The normalized spacial score (nSPS) is 14.4. The van der Waals surface area contributed by atoms with Gasteiger partial charge in [0.25, 0.3) is 0 Å². The molecule has 0 spiro atoms. The van der Waals surface area contributed by atoms with Gasteiger partial charge in [0.15, 0.2) is 0 Å². The Morgan fingerprint density at radius 2 is 1.94 bits per heavy atom. The number of hydrogen-bond donors (Lipinski definition) is 1. The molecule has 0 aromatic carbocycles. The second-order valence-electron chi connectivity index (χ2n) is 4.46. The Morgan fingerprint density at radius 1 is 1.31 bits per heavy atom. The first kappa shape index (κ1) is 14.9. The molecule has 1 atom stereocenters. The van der Waals surface area contributed by atoms with Crippen LogP contribution in [0.2, 0.25) is 0 Å². The van der Waals surface area contributed by atoms with Gasteiger partial charge in [-0.25, -0.2) is 0 Å². The number of rotatable bonds is 9. The number of carboxylic acid groups (broad SMARTS) is 1. The largest absolute Gasteiger partial charge is 0.481 e. The molecule has 0 aromatic rings. The van der Waals surface area contributed by atoms with E-state index >= 15 is 0 Å². The average molecular weight is 231 g/mol. The SMILES string of the molecule is CCCCCCC(C)(CCC(=O)O)[N+](=O)[O-]. The summed E-state index contributed by atoms with van der Waals surface area (Å²) in [5.41, 5.74) is -1.08. The zero-order valence-corrected chi connectivity index (χ0v) is 10.1. The molecule has 0 rings (SSSR count). The Kier molecular flexibility index (Phi) is 6.69. The smallest absolute Gasteiger partial charge is 0.303 e. The molecule has 0 radical (unpaired) electrons. The molecule has 0 aliphatic carbocycles. The standard InChI is InChI=1S/C11H21NO4/c1-3-4-5-6-8-11(2,12(15)16)9-7-10(13)14/h3-9H2,1-2H3,(H,13,14). The van der Waals surface area contributed by atoms with Crippen molar-refractivity contribution >= 4 is 5.97 Å². The van der Waals surface area contributed by atoms with Gasteiger partial charge in [-0.3, -0.25) is 14.9 Å². The van der Waals surface area contributed by atoms with Crippen LogP contribution in [0, 0.1) is 10.1 Å². The Bertz CT molecular complexity index is 242. The summed E-state index contributed by atoms with van der Waals surface area (Å²) in [6, 6.07) is 0. The van der Waals surface area contributed by atoms with Crippen LogP contribution >= 0.6 is 0 Å². The van der Waals surface area contributed by atoms with E-state index in [0.29, 0.717) is 6.42 Å². The van der Waals surface area contributed by atoms with Crippen LogP contribution in [0.3, 0.4) is 0 Å². The summed E-state index contributed by atoms with van der Waals surface area (Å²) in [7, 11) is 0. The zero-order chi connectivity index (χ0) is 12.6. The lowest BCUT2D eigenvalue weighted by atomic mass is 9.90. The minimum Gasteiger partial charge on any atom is -0.481 e. The number of unbranched alkanes of at least 4 members (excludes halogenated alkanes) is 3. The summed E-state index contributed by atoms with van der Waals surface area (Å²) in [4.78, 5) is 21.0. The first-order valence-corrected chi connectivity index (χ1v) is 5.78. The molecular weight excluding hydrogens is 210 g/mol. The van der Waals surface area contributed by atoms with Gasteiger partial charge in [-0.1, -0.05) is 26.2 Å². The van der Waals surface area contributed by atoms with E-state index in [1.807, 2.05) is 0 Å². The summed E-state index contributed by atoms with van der Waals surface area (Å²) in [5.74, 6) is -0.971. The summed E-state index contributed by atoms with van der Waals surface area (Å²) < 4.78 is 0. The molecular formula is C11H21NO4. The molecule has 94 valence electrons. The summed E-state index contributed by atoms with van der Waals surface area (Å²) in [6.45, 7) is 3.62. The Hall–Kier alpha value is -1.13.